The number of carbonyl (C=O) groups is 1. The number of H-pyrrole nitrogens is 1. The van der Waals surface area contributed by atoms with Gasteiger partial charge in [0.1, 0.15) is 31.1 Å². The fraction of sp³-hybridized carbons (Fsp3) is 0.381. The summed E-state index contributed by atoms with van der Waals surface area (Å²) in [6.45, 7) is 1.44. The van der Waals surface area contributed by atoms with Crippen LogP contribution in [0.1, 0.15) is 34.1 Å². The van der Waals surface area contributed by atoms with Gasteiger partial charge in [0.15, 0.2) is 0 Å². The van der Waals surface area contributed by atoms with Crippen molar-refractivity contribution in [2.75, 3.05) is 13.2 Å². The molecule has 0 bridgehead atoms. The Morgan fingerprint density at radius 3 is 2.62 bits per heavy atom. The number of carbonyl (C=O) groups excluding carboxylic acids is 1. The number of esters is 1. The van der Waals surface area contributed by atoms with Crippen LogP contribution in [0, 0.1) is 19.3 Å². The van der Waals surface area contributed by atoms with Crippen molar-refractivity contribution in [3.05, 3.63) is 68.0 Å². The van der Waals surface area contributed by atoms with Gasteiger partial charge in [-0.1, -0.05) is 23.6 Å². The molecule has 0 unspecified atom stereocenters. The molecule has 1 aromatic carbocycles. The zero-order valence-corrected chi connectivity index (χ0v) is 16.8. The lowest BCUT2D eigenvalue weighted by Gasteiger charge is -2.18. The molecular formula is C21H19F3N2O6. The zero-order chi connectivity index (χ0) is 23.5. The van der Waals surface area contributed by atoms with Crippen LogP contribution < -0.4 is 11.2 Å². The minimum atomic E-state index is -4.97. The first kappa shape index (κ1) is 23.3. The Morgan fingerprint density at radius 2 is 2.00 bits per heavy atom. The average Bonchev–Trinajstić information content (AvgIpc) is 3.12. The van der Waals surface area contributed by atoms with E-state index in [-0.39, 0.29) is 19.6 Å². The summed E-state index contributed by atoms with van der Waals surface area (Å²) in [5.41, 5.74) is -2.92. The summed E-state index contributed by atoms with van der Waals surface area (Å²) in [6.07, 6.45) is -2.31. The Kier molecular flexibility index (Phi) is 6.86. The summed E-state index contributed by atoms with van der Waals surface area (Å²) >= 11 is 0. The molecule has 2 aromatic rings. The van der Waals surface area contributed by atoms with E-state index >= 15 is 0 Å². The summed E-state index contributed by atoms with van der Waals surface area (Å²) in [4.78, 5) is 37.5. The van der Waals surface area contributed by atoms with Gasteiger partial charge in [0.05, 0.1) is 11.7 Å². The number of halogens is 3. The number of ether oxygens (including phenoxy) is 3. The monoisotopic (exact) mass is 452 g/mol. The molecule has 3 atom stereocenters. The van der Waals surface area contributed by atoms with Crippen LogP contribution in [0.15, 0.2) is 40.1 Å². The molecule has 3 rings (SSSR count). The van der Waals surface area contributed by atoms with Crippen molar-refractivity contribution in [2.45, 2.75) is 38.0 Å². The first-order valence-corrected chi connectivity index (χ1v) is 9.47. The van der Waals surface area contributed by atoms with Crippen LogP contribution in [0.25, 0.3) is 0 Å². The molecule has 0 aliphatic carbocycles. The van der Waals surface area contributed by atoms with Gasteiger partial charge < -0.3 is 14.2 Å². The first-order chi connectivity index (χ1) is 15.1. The van der Waals surface area contributed by atoms with E-state index in [9.17, 15) is 27.6 Å². The molecule has 1 aromatic heterocycles. The predicted octanol–water partition coefficient (Wildman–Crippen LogP) is 2.03. The summed E-state index contributed by atoms with van der Waals surface area (Å²) in [5, 5.41) is 0. The summed E-state index contributed by atoms with van der Waals surface area (Å²) < 4.78 is 56.2. The fourth-order valence-corrected chi connectivity index (χ4v) is 3.18. The van der Waals surface area contributed by atoms with Crippen LogP contribution in [0.3, 0.4) is 0 Å². The highest BCUT2D eigenvalue weighted by Crippen LogP contribution is 2.32. The van der Waals surface area contributed by atoms with Gasteiger partial charge in [0, 0.05) is 12.6 Å². The first-order valence-electron chi connectivity index (χ1n) is 9.47. The second-order valence-electron chi connectivity index (χ2n) is 7.09. The van der Waals surface area contributed by atoms with Gasteiger partial charge in [-0.15, -0.1) is 6.42 Å². The Morgan fingerprint density at radius 1 is 1.31 bits per heavy atom. The van der Waals surface area contributed by atoms with E-state index in [1.165, 1.54) is 0 Å². The molecule has 1 fully saturated rings. The fourth-order valence-electron chi connectivity index (χ4n) is 3.18. The van der Waals surface area contributed by atoms with Crippen LogP contribution in [-0.4, -0.2) is 40.9 Å². The lowest BCUT2D eigenvalue weighted by atomic mass is 10.1. The summed E-state index contributed by atoms with van der Waals surface area (Å²) in [7, 11) is 0. The van der Waals surface area contributed by atoms with E-state index in [4.69, 9.17) is 20.6 Å². The normalized spacial score (nSPS) is 20.7. The van der Waals surface area contributed by atoms with Crippen molar-refractivity contribution < 1.29 is 32.2 Å². The molecule has 0 saturated carbocycles. The highest BCUT2D eigenvalue weighted by Gasteiger charge is 2.40. The van der Waals surface area contributed by atoms with Gasteiger partial charge in [0.2, 0.25) is 0 Å². The molecule has 170 valence electrons. The number of terminal acetylenes is 1. The number of benzene rings is 1. The van der Waals surface area contributed by atoms with Crippen LogP contribution in [0.2, 0.25) is 0 Å². The van der Waals surface area contributed by atoms with E-state index in [0.717, 1.165) is 5.56 Å². The van der Waals surface area contributed by atoms with E-state index < -0.39 is 47.4 Å². The smallest absolute Gasteiger partial charge is 0.423 e. The van der Waals surface area contributed by atoms with Crippen molar-refractivity contribution in [2.24, 2.45) is 0 Å². The highest BCUT2D eigenvalue weighted by molar-refractivity contribution is 5.89. The third-order valence-corrected chi connectivity index (χ3v) is 4.81. The van der Waals surface area contributed by atoms with Crippen molar-refractivity contribution in [3.63, 3.8) is 0 Å². The Balaban J connectivity index is 1.79. The number of aromatic amines is 1. The number of aryl methyl sites for hydroxylation is 1. The number of hydrogen-bond acceptors (Lipinski definition) is 6. The zero-order valence-electron chi connectivity index (χ0n) is 16.8. The van der Waals surface area contributed by atoms with Crippen molar-refractivity contribution in [3.8, 4) is 12.3 Å². The number of nitrogens with one attached hydrogen (secondary N) is 1. The molecule has 1 aliphatic heterocycles. The van der Waals surface area contributed by atoms with Gasteiger partial charge >= 0.3 is 17.8 Å². The molecule has 1 saturated heterocycles. The summed E-state index contributed by atoms with van der Waals surface area (Å²) in [6, 6.07) is 6.64. The Labute approximate surface area is 179 Å². The maximum absolute atomic E-state index is 13.1. The Hall–Kier alpha value is -3.36. The third kappa shape index (κ3) is 5.27. The highest BCUT2D eigenvalue weighted by atomic mass is 19.4. The lowest BCUT2D eigenvalue weighted by Crippen LogP contribution is -2.36. The third-order valence-electron chi connectivity index (χ3n) is 4.81. The maximum Gasteiger partial charge on any atom is 0.423 e. The number of rotatable bonds is 6. The average molecular weight is 452 g/mol. The molecule has 1 N–H and O–H groups in total. The summed E-state index contributed by atoms with van der Waals surface area (Å²) in [5.74, 6) is 1.63. The van der Waals surface area contributed by atoms with Crippen molar-refractivity contribution in [1.29, 1.82) is 0 Å². The quantitative estimate of drug-likeness (QED) is 0.532. The molecule has 11 heteroatoms. The largest absolute Gasteiger partial charge is 0.459 e. The topological polar surface area (TPSA) is 99.6 Å². The maximum atomic E-state index is 13.1. The SMILES string of the molecule is C#CCO[C@H]1C[C@H](n2cc(C(F)(F)F)c(=O)[nH]c2=O)O[C@@H]1COC(=O)c1ccc(C)cc1. The van der Waals surface area contributed by atoms with Crippen LogP contribution >= 0.6 is 0 Å². The van der Waals surface area contributed by atoms with E-state index in [1.807, 2.05) is 6.92 Å². The molecule has 0 spiro atoms. The lowest BCUT2D eigenvalue weighted by molar-refractivity contribution is -0.139. The second kappa shape index (κ2) is 9.42. The molecule has 8 nitrogen and oxygen atoms in total. The van der Waals surface area contributed by atoms with Gasteiger partial charge in [-0.2, -0.15) is 13.2 Å². The molecule has 2 heterocycles. The van der Waals surface area contributed by atoms with Crippen molar-refractivity contribution >= 4 is 5.97 Å². The number of aromatic nitrogens is 2. The van der Waals surface area contributed by atoms with Crippen LogP contribution in [0.4, 0.5) is 13.2 Å². The molecule has 0 radical (unpaired) electrons. The minimum absolute atomic E-state index is 0.0579. The van der Waals surface area contributed by atoms with E-state index in [2.05, 4.69) is 5.92 Å². The van der Waals surface area contributed by atoms with Gasteiger partial charge in [-0.3, -0.25) is 14.3 Å². The van der Waals surface area contributed by atoms with E-state index in [0.29, 0.717) is 16.3 Å². The number of hydrogen-bond donors (Lipinski definition) is 1. The van der Waals surface area contributed by atoms with E-state index in [1.54, 1.807) is 29.2 Å². The standard InChI is InChI=1S/C21H19F3N2O6/c1-3-8-30-15-9-17(26-10-14(21(22,23)24)18(27)25-20(26)29)32-16(15)11-31-19(28)13-6-4-12(2)5-7-13/h1,4-7,10,15-17H,8-9,11H2,2H3,(H,25,27,29)/t15-,16+,17+/m0/s1. The van der Waals surface area contributed by atoms with Gasteiger partial charge in [-0.25, -0.2) is 9.59 Å². The van der Waals surface area contributed by atoms with Crippen LogP contribution in [-0.2, 0) is 20.4 Å². The second-order valence-corrected chi connectivity index (χ2v) is 7.09. The van der Waals surface area contributed by atoms with Gasteiger partial charge in [-0.05, 0) is 19.1 Å². The molecule has 32 heavy (non-hydrogen) atoms. The molecule has 1 aliphatic rings. The predicted molar refractivity (Wildman–Crippen MR) is 105 cm³/mol. The van der Waals surface area contributed by atoms with Gasteiger partial charge in [0.25, 0.3) is 5.56 Å². The number of alkyl halides is 3. The number of nitrogens with zero attached hydrogens (tertiary/aromatic N) is 1. The molecule has 0 amide bonds. The molecular weight excluding hydrogens is 433 g/mol. The van der Waals surface area contributed by atoms with Crippen LogP contribution in [0.5, 0.6) is 0 Å². The Bertz CT molecular complexity index is 1130. The minimum Gasteiger partial charge on any atom is -0.459 e. The van der Waals surface area contributed by atoms with Crippen molar-refractivity contribution in [1.82, 2.24) is 9.55 Å².